The molecule has 0 aliphatic carbocycles. The minimum Gasteiger partial charge on any atom is -0.335 e. The zero-order valence-electron chi connectivity index (χ0n) is 12.9. The Morgan fingerprint density at radius 3 is 2.70 bits per heavy atom. The Morgan fingerprint density at radius 1 is 1.13 bits per heavy atom. The van der Waals surface area contributed by atoms with Gasteiger partial charge in [0.2, 0.25) is 10.0 Å². The Hall–Kier alpha value is -2.18. The van der Waals surface area contributed by atoms with Gasteiger partial charge >= 0.3 is 0 Å². The molecule has 6 heteroatoms. The van der Waals surface area contributed by atoms with Gasteiger partial charge in [0.1, 0.15) is 5.65 Å². The van der Waals surface area contributed by atoms with E-state index in [1.807, 2.05) is 60.3 Å². The zero-order valence-corrected chi connectivity index (χ0v) is 13.8. The highest BCUT2D eigenvalue weighted by molar-refractivity contribution is 7.88. The van der Waals surface area contributed by atoms with Gasteiger partial charge in [0.15, 0.2) is 0 Å². The fourth-order valence-electron chi connectivity index (χ4n) is 2.68. The molecule has 120 valence electrons. The highest BCUT2D eigenvalue weighted by Crippen LogP contribution is 2.18. The number of rotatable bonds is 6. The molecule has 5 nitrogen and oxygen atoms in total. The van der Waals surface area contributed by atoms with Crippen LogP contribution in [0.5, 0.6) is 0 Å². The molecule has 0 amide bonds. The van der Waals surface area contributed by atoms with Crippen LogP contribution in [0, 0.1) is 0 Å². The summed E-state index contributed by atoms with van der Waals surface area (Å²) in [6, 6.07) is 13.1. The SMILES string of the molecule is Cn1cc(CCNS(=O)(=O)Cc2ccccc2)c2cccnc21. The lowest BCUT2D eigenvalue weighted by Gasteiger charge is -2.06. The molecule has 0 radical (unpaired) electrons. The first kappa shape index (κ1) is 15.7. The number of hydrogen-bond acceptors (Lipinski definition) is 3. The second kappa shape index (κ2) is 6.52. The summed E-state index contributed by atoms with van der Waals surface area (Å²) in [5.41, 5.74) is 2.79. The van der Waals surface area contributed by atoms with Gasteiger partial charge in [-0.25, -0.2) is 18.1 Å². The van der Waals surface area contributed by atoms with Crippen molar-refractivity contribution in [2.75, 3.05) is 6.54 Å². The minimum absolute atomic E-state index is 0.00489. The number of aromatic nitrogens is 2. The Bertz CT molecular complexity index is 902. The molecule has 0 atom stereocenters. The van der Waals surface area contributed by atoms with E-state index in [4.69, 9.17) is 0 Å². The topological polar surface area (TPSA) is 64.0 Å². The average molecular weight is 329 g/mol. The summed E-state index contributed by atoms with van der Waals surface area (Å²) in [7, 11) is -1.38. The van der Waals surface area contributed by atoms with Gasteiger partial charge in [0.25, 0.3) is 0 Å². The maximum atomic E-state index is 12.1. The number of fused-ring (bicyclic) bond motifs is 1. The van der Waals surface area contributed by atoms with Crippen molar-refractivity contribution in [3.05, 3.63) is 66.0 Å². The Morgan fingerprint density at radius 2 is 1.91 bits per heavy atom. The molecule has 0 aliphatic rings. The molecule has 3 rings (SSSR count). The van der Waals surface area contributed by atoms with E-state index in [1.165, 1.54) is 0 Å². The van der Waals surface area contributed by atoms with E-state index < -0.39 is 10.0 Å². The summed E-state index contributed by atoms with van der Waals surface area (Å²) >= 11 is 0. The summed E-state index contributed by atoms with van der Waals surface area (Å²) in [6.07, 6.45) is 4.40. The quantitative estimate of drug-likeness (QED) is 0.754. The van der Waals surface area contributed by atoms with Gasteiger partial charge in [-0.05, 0) is 29.7 Å². The standard InChI is InChI=1S/C17H19N3O2S/c1-20-12-15(16-8-5-10-18-17(16)20)9-11-19-23(21,22)13-14-6-3-2-4-7-14/h2-8,10,12,19H,9,11,13H2,1H3. The van der Waals surface area contributed by atoms with Crippen molar-refractivity contribution in [1.82, 2.24) is 14.3 Å². The molecule has 0 saturated heterocycles. The van der Waals surface area contributed by atoms with Crippen molar-refractivity contribution in [2.24, 2.45) is 7.05 Å². The fraction of sp³-hybridized carbons (Fsp3) is 0.235. The molecule has 2 heterocycles. The average Bonchev–Trinajstić information content (AvgIpc) is 2.85. The van der Waals surface area contributed by atoms with E-state index in [2.05, 4.69) is 9.71 Å². The molecule has 2 aromatic heterocycles. The van der Waals surface area contributed by atoms with Gasteiger partial charge in [-0.2, -0.15) is 0 Å². The Kier molecular flexibility index (Phi) is 4.45. The van der Waals surface area contributed by atoms with E-state index in [-0.39, 0.29) is 5.75 Å². The lowest BCUT2D eigenvalue weighted by atomic mass is 10.2. The molecule has 0 bridgehead atoms. The second-order valence-corrected chi connectivity index (χ2v) is 7.34. The van der Waals surface area contributed by atoms with E-state index in [1.54, 1.807) is 6.20 Å². The first-order chi connectivity index (χ1) is 11.1. The van der Waals surface area contributed by atoms with Crippen LogP contribution in [0.25, 0.3) is 11.0 Å². The normalized spacial score (nSPS) is 11.9. The lowest BCUT2D eigenvalue weighted by Crippen LogP contribution is -2.27. The minimum atomic E-state index is -3.32. The maximum absolute atomic E-state index is 12.1. The van der Waals surface area contributed by atoms with Crippen LogP contribution in [0.2, 0.25) is 0 Å². The second-order valence-electron chi connectivity index (χ2n) is 5.53. The van der Waals surface area contributed by atoms with Crippen molar-refractivity contribution >= 4 is 21.1 Å². The lowest BCUT2D eigenvalue weighted by molar-refractivity contribution is 0.581. The van der Waals surface area contributed by atoms with Crippen molar-refractivity contribution in [2.45, 2.75) is 12.2 Å². The van der Waals surface area contributed by atoms with Gasteiger partial charge in [-0.3, -0.25) is 0 Å². The van der Waals surface area contributed by atoms with Gasteiger partial charge in [0, 0.05) is 31.4 Å². The third-order valence-electron chi connectivity index (χ3n) is 3.73. The summed E-state index contributed by atoms with van der Waals surface area (Å²) < 4.78 is 28.9. The molecule has 1 aromatic carbocycles. The molecule has 0 spiro atoms. The third kappa shape index (κ3) is 3.78. The first-order valence-electron chi connectivity index (χ1n) is 7.45. The van der Waals surface area contributed by atoms with Crippen LogP contribution < -0.4 is 4.72 Å². The predicted octanol–water partition coefficient (Wildman–Crippen LogP) is 2.24. The van der Waals surface area contributed by atoms with Gasteiger partial charge in [-0.15, -0.1) is 0 Å². The van der Waals surface area contributed by atoms with Crippen LogP contribution in [0.4, 0.5) is 0 Å². The molecular weight excluding hydrogens is 310 g/mol. The van der Waals surface area contributed by atoms with Gasteiger partial charge < -0.3 is 4.57 Å². The monoisotopic (exact) mass is 329 g/mol. The van der Waals surface area contributed by atoms with Crippen molar-refractivity contribution in [3.8, 4) is 0 Å². The number of benzene rings is 1. The maximum Gasteiger partial charge on any atom is 0.215 e. The van der Waals surface area contributed by atoms with E-state index in [9.17, 15) is 8.42 Å². The Balaban J connectivity index is 1.64. The predicted molar refractivity (Wildman–Crippen MR) is 91.5 cm³/mol. The highest BCUT2D eigenvalue weighted by atomic mass is 32.2. The van der Waals surface area contributed by atoms with E-state index in [0.717, 1.165) is 22.2 Å². The molecule has 0 saturated carbocycles. The summed E-state index contributed by atoms with van der Waals surface area (Å²) in [5.74, 6) is 0.00489. The Labute approximate surface area is 136 Å². The van der Waals surface area contributed by atoms with Gasteiger partial charge in [0.05, 0.1) is 5.75 Å². The molecule has 3 aromatic rings. The molecule has 0 unspecified atom stereocenters. The molecule has 1 N–H and O–H groups in total. The molecule has 23 heavy (non-hydrogen) atoms. The molecule has 0 fully saturated rings. The largest absolute Gasteiger partial charge is 0.335 e. The van der Waals surface area contributed by atoms with Crippen LogP contribution in [0.1, 0.15) is 11.1 Å². The van der Waals surface area contributed by atoms with Crippen molar-refractivity contribution in [1.29, 1.82) is 0 Å². The number of sulfonamides is 1. The van der Waals surface area contributed by atoms with Crippen molar-refractivity contribution < 1.29 is 8.42 Å². The highest BCUT2D eigenvalue weighted by Gasteiger charge is 2.12. The van der Waals surface area contributed by atoms with Gasteiger partial charge in [-0.1, -0.05) is 30.3 Å². The number of aryl methyl sites for hydroxylation is 1. The molecule has 0 aliphatic heterocycles. The fourth-order valence-corrected chi connectivity index (χ4v) is 3.82. The van der Waals surface area contributed by atoms with Crippen molar-refractivity contribution in [3.63, 3.8) is 0 Å². The molecular formula is C17H19N3O2S. The third-order valence-corrected chi connectivity index (χ3v) is 5.09. The van der Waals surface area contributed by atoms with Crippen LogP contribution >= 0.6 is 0 Å². The van der Waals surface area contributed by atoms with Crippen LogP contribution in [-0.2, 0) is 29.2 Å². The smallest absolute Gasteiger partial charge is 0.215 e. The van der Waals surface area contributed by atoms with E-state index in [0.29, 0.717) is 13.0 Å². The zero-order chi connectivity index (χ0) is 16.3. The number of pyridine rings is 1. The van der Waals surface area contributed by atoms with Crippen LogP contribution in [0.3, 0.4) is 0 Å². The summed E-state index contributed by atoms with van der Waals surface area (Å²) in [4.78, 5) is 4.34. The van der Waals surface area contributed by atoms with Crippen LogP contribution in [-0.4, -0.2) is 24.5 Å². The summed E-state index contributed by atoms with van der Waals surface area (Å²) in [5, 5.41) is 1.07. The number of hydrogen-bond donors (Lipinski definition) is 1. The number of nitrogens with one attached hydrogen (secondary N) is 1. The van der Waals surface area contributed by atoms with E-state index >= 15 is 0 Å². The first-order valence-corrected chi connectivity index (χ1v) is 9.10. The number of nitrogens with zero attached hydrogens (tertiary/aromatic N) is 2. The van der Waals surface area contributed by atoms with Crippen LogP contribution in [0.15, 0.2) is 54.9 Å². The summed E-state index contributed by atoms with van der Waals surface area (Å²) in [6.45, 7) is 0.378.